The zero-order valence-corrected chi connectivity index (χ0v) is 26.4. The molecule has 5 rings (SSSR count). The number of methoxy groups -OCH3 is 2. The van der Waals surface area contributed by atoms with Crippen molar-refractivity contribution in [3.8, 4) is 17.2 Å². The molecule has 250 valence electrons. The molecule has 0 bridgehead atoms. The number of nitro benzene ring substituents is 1. The Morgan fingerprint density at radius 1 is 1.11 bits per heavy atom. The number of nitrogens with two attached hydrogens (primary N) is 1. The third-order valence-electron chi connectivity index (χ3n) is 9.49. The summed E-state index contributed by atoms with van der Waals surface area (Å²) in [5.74, 6) is -9.27. The van der Waals surface area contributed by atoms with E-state index in [9.17, 15) is 40.1 Å². The number of phenolic OH excluding ortho intramolecular Hbond substituents is 1. The number of hydrogen-bond acceptors (Lipinski definition) is 13. The van der Waals surface area contributed by atoms with Crippen molar-refractivity contribution in [3.05, 3.63) is 74.0 Å². The lowest BCUT2D eigenvalue weighted by Gasteiger charge is -2.56. The number of likely N-dealkylation sites (N-methyl/N-ethyl adjacent to an activating group) is 1. The number of hydrogen-bond donors (Lipinski definition) is 5. The van der Waals surface area contributed by atoms with Gasteiger partial charge in [0, 0.05) is 11.5 Å². The number of carbonyl (C=O) groups excluding carboxylic acids is 3. The van der Waals surface area contributed by atoms with Gasteiger partial charge in [-0.1, -0.05) is 19.1 Å². The van der Waals surface area contributed by atoms with E-state index in [1.54, 1.807) is 13.0 Å². The van der Waals surface area contributed by atoms with Crippen LogP contribution in [0.1, 0.15) is 42.6 Å². The Bertz CT molecular complexity index is 1780. The lowest BCUT2D eigenvalue weighted by molar-refractivity contribution is -0.386. The summed E-state index contributed by atoms with van der Waals surface area (Å²) in [7, 11) is 5.48. The van der Waals surface area contributed by atoms with Crippen molar-refractivity contribution >= 4 is 28.9 Å². The van der Waals surface area contributed by atoms with Gasteiger partial charge >= 0.3 is 0 Å². The number of benzene rings is 2. The molecule has 7 atom stereocenters. The van der Waals surface area contributed by atoms with Gasteiger partial charge < -0.3 is 40.4 Å². The lowest BCUT2D eigenvalue weighted by Crippen LogP contribution is -2.71. The van der Waals surface area contributed by atoms with Crippen molar-refractivity contribution in [2.24, 2.45) is 17.6 Å². The van der Waals surface area contributed by atoms with Crippen molar-refractivity contribution in [1.29, 1.82) is 0 Å². The van der Waals surface area contributed by atoms with Gasteiger partial charge in [-0.15, -0.1) is 0 Å². The van der Waals surface area contributed by atoms with E-state index in [2.05, 4.69) is 0 Å². The summed E-state index contributed by atoms with van der Waals surface area (Å²) in [5, 5.41) is 58.5. The largest absolute Gasteiger partial charge is 0.508 e. The molecule has 0 heterocycles. The second kappa shape index (κ2) is 11.7. The Hall–Kier alpha value is -4.99. The molecule has 6 N–H and O–H groups in total. The topological polar surface area (TPSA) is 232 Å². The van der Waals surface area contributed by atoms with Crippen LogP contribution >= 0.6 is 0 Å². The smallest absolute Gasteiger partial charge is 0.279 e. The van der Waals surface area contributed by atoms with Gasteiger partial charge in [-0.25, -0.2) is 0 Å². The molecule has 1 amide bonds. The molecule has 15 nitrogen and oxygen atoms in total. The van der Waals surface area contributed by atoms with Gasteiger partial charge in [0.15, 0.2) is 22.9 Å². The molecule has 3 aliphatic rings. The molecular weight excluding hydrogens is 618 g/mol. The molecule has 0 spiro atoms. The van der Waals surface area contributed by atoms with Gasteiger partial charge in [0.05, 0.1) is 60.5 Å². The molecule has 47 heavy (non-hydrogen) atoms. The molecule has 2 aromatic carbocycles. The van der Waals surface area contributed by atoms with E-state index in [0.29, 0.717) is 5.56 Å². The van der Waals surface area contributed by atoms with Crippen LogP contribution in [0.3, 0.4) is 0 Å². The van der Waals surface area contributed by atoms with Crippen LogP contribution in [-0.2, 0) is 19.1 Å². The number of nitro groups is 1. The second-order valence-electron chi connectivity index (χ2n) is 12.0. The van der Waals surface area contributed by atoms with E-state index < -0.39 is 92.4 Å². The van der Waals surface area contributed by atoms with Crippen LogP contribution in [0.25, 0.3) is 5.76 Å². The van der Waals surface area contributed by atoms with Crippen molar-refractivity contribution in [2.75, 3.05) is 28.3 Å². The number of Topliss-reactive ketones (excluding diaryl/α,β-unsaturated/α-hetero) is 2. The van der Waals surface area contributed by atoms with Gasteiger partial charge in [0.25, 0.3) is 11.6 Å². The molecule has 3 aliphatic carbocycles. The van der Waals surface area contributed by atoms with Crippen LogP contribution in [0, 0.1) is 22.0 Å². The van der Waals surface area contributed by atoms with E-state index in [1.807, 2.05) is 0 Å². The Labute approximate surface area is 268 Å². The number of ketones is 2. The summed E-state index contributed by atoms with van der Waals surface area (Å²) in [6, 6.07) is 5.26. The van der Waals surface area contributed by atoms with Crippen LogP contribution < -0.4 is 15.2 Å². The highest BCUT2D eigenvalue weighted by Gasteiger charge is 2.70. The van der Waals surface area contributed by atoms with Crippen LogP contribution in [0.15, 0.2) is 47.2 Å². The number of fused-ring (bicyclic) bond motifs is 3. The Balaban J connectivity index is 1.86. The van der Waals surface area contributed by atoms with Crippen LogP contribution in [0.4, 0.5) is 5.69 Å². The molecule has 1 fully saturated rings. The van der Waals surface area contributed by atoms with Crippen molar-refractivity contribution < 1.29 is 53.9 Å². The summed E-state index contributed by atoms with van der Waals surface area (Å²) in [5.41, 5.74) is 1.01. The van der Waals surface area contributed by atoms with Crippen LogP contribution in [-0.4, -0.2) is 93.8 Å². The van der Waals surface area contributed by atoms with E-state index >= 15 is 4.79 Å². The van der Waals surface area contributed by atoms with Crippen LogP contribution in [0.5, 0.6) is 17.2 Å². The van der Waals surface area contributed by atoms with Gasteiger partial charge in [0.1, 0.15) is 22.8 Å². The third-order valence-corrected chi connectivity index (χ3v) is 9.49. The highest BCUT2D eigenvalue weighted by Crippen LogP contribution is 2.58. The molecule has 0 radical (unpaired) electrons. The average molecular weight is 654 g/mol. The van der Waals surface area contributed by atoms with E-state index in [-0.39, 0.29) is 28.4 Å². The summed E-state index contributed by atoms with van der Waals surface area (Å²) >= 11 is 0. The van der Waals surface area contributed by atoms with Gasteiger partial charge in [-0.3, -0.25) is 29.4 Å². The highest BCUT2D eigenvalue weighted by atomic mass is 16.6. The minimum atomic E-state index is -2.80. The Morgan fingerprint density at radius 2 is 1.72 bits per heavy atom. The maximum Gasteiger partial charge on any atom is 0.279 e. The fourth-order valence-corrected chi connectivity index (χ4v) is 7.45. The predicted molar refractivity (Wildman–Crippen MR) is 164 cm³/mol. The Morgan fingerprint density at radius 3 is 2.28 bits per heavy atom. The Kier molecular flexibility index (Phi) is 8.29. The predicted octanol–water partition coefficient (Wildman–Crippen LogP) is 2.21. The second-order valence-corrected chi connectivity index (χ2v) is 12.0. The number of amides is 1. The van der Waals surface area contributed by atoms with Crippen LogP contribution in [0.2, 0.25) is 0 Å². The number of aliphatic hydroxyl groups excluding tert-OH is 3. The minimum absolute atomic E-state index is 0.0117. The van der Waals surface area contributed by atoms with Crippen molar-refractivity contribution in [1.82, 2.24) is 4.90 Å². The van der Waals surface area contributed by atoms with E-state index in [4.69, 9.17) is 19.9 Å². The zero-order valence-electron chi connectivity index (χ0n) is 26.4. The number of aromatic hydroxyl groups is 1. The molecular formula is C32H35N3O12. The standard InChI is InChI=1S/C32H35N3O12/c1-12-14-8-7-9-17(36)21(14)26(37)22-20(12)27(38)24-25(34(3)4)28(39)23(31(33)42)30(41)32(24,29(22)40)47-13(2)15-10-18(45-5)19(46-6)11-16(15)35(43)44/h7-13,20,24-25,27,36-38,41H,1-6H3,(H2,33,42)/t12-,13?,20+,24+,25-,27-,32-/m0/s1. The van der Waals surface area contributed by atoms with E-state index in [0.717, 1.165) is 6.07 Å². The number of aliphatic hydroxyl groups is 3. The number of rotatable bonds is 8. The first-order valence-corrected chi connectivity index (χ1v) is 14.6. The van der Waals surface area contributed by atoms with E-state index in [1.165, 1.54) is 58.3 Å². The molecule has 0 aliphatic heterocycles. The summed E-state index contributed by atoms with van der Waals surface area (Å²) < 4.78 is 16.9. The maximum atomic E-state index is 15.0. The summed E-state index contributed by atoms with van der Waals surface area (Å²) in [6.45, 7) is 2.98. The molecule has 2 aromatic rings. The van der Waals surface area contributed by atoms with Gasteiger partial charge in [-0.2, -0.15) is 0 Å². The van der Waals surface area contributed by atoms with Gasteiger partial charge in [-0.05, 0) is 44.6 Å². The van der Waals surface area contributed by atoms with Crippen molar-refractivity contribution in [3.63, 3.8) is 0 Å². The first kappa shape index (κ1) is 33.4. The monoisotopic (exact) mass is 653 g/mol. The number of nitrogens with zero attached hydrogens (tertiary/aromatic N) is 2. The highest BCUT2D eigenvalue weighted by molar-refractivity contribution is 6.24. The molecule has 15 heteroatoms. The summed E-state index contributed by atoms with van der Waals surface area (Å²) in [4.78, 5) is 54.4. The number of carbonyl (C=O) groups is 3. The normalized spacial score (nSPS) is 27.6. The maximum absolute atomic E-state index is 15.0. The fraction of sp³-hybridized carbons (Fsp3) is 0.406. The third kappa shape index (κ3) is 4.64. The quantitative estimate of drug-likeness (QED) is 0.156. The first-order valence-electron chi connectivity index (χ1n) is 14.6. The molecule has 0 saturated heterocycles. The molecule has 1 unspecified atom stereocenters. The summed E-state index contributed by atoms with van der Waals surface area (Å²) in [6.07, 6.45) is -3.20. The SMILES string of the molecule is COc1cc(C(C)O[C@]23C(=O)C4=C(O)c5c(O)cccc5[C@H](C)[C@H]4[C@H](O)[C@H]2[C@H](N(C)C)C(=O)C(C(N)=O)=C3O)c([N+](=O)[O-])cc1OC. The zero-order chi connectivity index (χ0) is 34.9. The number of phenols is 1. The number of ether oxygens (including phenoxy) is 3. The van der Waals surface area contributed by atoms with Crippen molar-refractivity contribution in [2.45, 2.75) is 43.6 Å². The van der Waals surface area contributed by atoms with Gasteiger partial charge in [0.2, 0.25) is 5.78 Å². The molecule has 0 aromatic heterocycles. The molecule has 1 saturated carbocycles. The fourth-order valence-electron chi connectivity index (χ4n) is 7.45. The first-order chi connectivity index (χ1) is 22.1. The average Bonchev–Trinajstić information content (AvgIpc) is 3.01. The lowest BCUT2D eigenvalue weighted by atomic mass is 9.54. The minimum Gasteiger partial charge on any atom is -0.508 e. The number of primary amides is 1.